The molecule has 0 saturated heterocycles. The van der Waals surface area contributed by atoms with Gasteiger partial charge in [-0.3, -0.25) is 0 Å². The molecule has 0 radical (unpaired) electrons. The third-order valence-electron chi connectivity index (χ3n) is 0.303. The van der Waals surface area contributed by atoms with Crippen molar-refractivity contribution in [3.63, 3.8) is 0 Å². The van der Waals surface area contributed by atoms with Crippen LogP contribution in [0.2, 0.25) is 0 Å². The van der Waals surface area contributed by atoms with Crippen LogP contribution >= 0.6 is 15.3 Å². The third kappa shape index (κ3) is 1.27. The molecule has 0 aromatic rings. The van der Waals surface area contributed by atoms with Crippen molar-refractivity contribution in [2.75, 3.05) is 0 Å². The Balaban J connectivity index is 2.61. The number of hydrogen-bond donors (Lipinski definition) is 0. The molecule has 1 heterocycles. The van der Waals surface area contributed by atoms with Gasteiger partial charge in [0.15, 0.2) is 0 Å². The van der Waals surface area contributed by atoms with Crippen LogP contribution in [-0.2, 0) is 0 Å². The van der Waals surface area contributed by atoms with Gasteiger partial charge in [-0.1, -0.05) is 0 Å². The normalized spacial score (nSPS) is 28.8. The summed E-state index contributed by atoms with van der Waals surface area (Å²) < 4.78 is 2.36. The van der Waals surface area contributed by atoms with E-state index in [1.54, 1.807) is 7.14 Å². The maximum atomic E-state index is 2.36. The first-order valence-electron chi connectivity index (χ1n) is 1.23. The minimum absolute atomic E-state index is 0.633. The monoisotopic (exact) mass is 163 g/mol. The van der Waals surface area contributed by atoms with Gasteiger partial charge in [-0.05, 0) is 0 Å². The van der Waals surface area contributed by atoms with Crippen LogP contribution in [0.15, 0.2) is 0 Å². The molecule has 1 aliphatic rings. The minimum atomic E-state index is 0.633. The second kappa shape index (κ2) is 2.25. The van der Waals surface area contributed by atoms with Gasteiger partial charge in [-0.15, -0.1) is 0 Å². The molecule has 0 N–H and O–H groups in total. The first kappa shape index (κ1) is 4.19. The van der Waals surface area contributed by atoms with Crippen molar-refractivity contribution in [3.8, 4) is 0 Å². The second-order valence-electron chi connectivity index (χ2n) is 0.611. The molecule has 0 bridgehead atoms. The van der Waals surface area contributed by atoms with Gasteiger partial charge in [0.1, 0.15) is 0 Å². The van der Waals surface area contributed by atoms with E-state index in [0.29, 0.717) is 14.9 Å². The zero-order valence-corrected chi connectivity index (χ0v) is 6.16. The average molecular weight is 163 g/mol. The second-order valence-corrected chi connectivity index (χ2v) is 6.89. The van der Waals surface area contributed by atoms with Gasteiger partial charge in [0.05, 0.1) is 0 Å². The van der Waals surface area contributed by atoms with Crippen LogP contribution in [0.25, 0.3) is 0 Å². The zero-order chi connectivity index (χ0) is 3.54. The molecule has 0 amide bonds. The van der Waals surface area contributed by atoms with Crippen LogP contribution in [0.1, 0.15) is 0 Å². The van der Waals surface area contributed by atoms with Gasteiger partial charge in [-0.25, -0.2) is 0 Å². The molecule has 0 saturated carbocycles. The van der Waals surface area contributed by atoms with Crippen molar-refractivity contribution in [2.24, 2.45) is 0 Å². The third-order valence-corrected chi connectivity index (χ3v) is 7.51. The van der Waals surface area contributed by atoms with Crippen molar-refractivity contribution in [3.05, 3.63) is 0 Å². The van der Waals surface area contributed by atoms with Gasteiger partial charge < -0.3 is 0 Å². The van der Waals surface area contributed by atoms with Crippen LogP contribution in [0.5, 0.6) is 0 Å². The Kier molecular flexibility index (Phi) is 1.88. The summed E-state index contributed by atoms with van der Waals surface area (Å²) in [5.41, 5.74) is 2.29. The summed E-state index contributed by atoms with van der Waals surface area (Å²) in [5, 5.41) is 0. The van der Waals surface area contributed by atoms with Crippen molar-refractivity contribution < 1.29 is 0 Å². The summed E-state index contributed by atoms with van der Waals surface area (Å²) in [6.45, 7) is 0. The Bertz CT molecular complexity index is 65.7. The zero-order valence-electron chi connectivity index (χ0n) is 2.50. The van der Waals surface area contributed by atoms with E-state index >= 15 is 0 Å². The number of rotatable bonds is 0. The van der Waals surface area contributed by atoms with Crippen LogP contribution in [0.4, 0.5) is 0 Å². The summed E-state index contributed by atoms with van der Waals surface area (Å²) in [7, 11) is 3.06. The first-order chi connectivity index (χ1) is 2.50. The molecule has 1 aliphatic heterocycles. The predicted octanol–water partition coefficient (Wildman–Crippen LogP) is 1.03. The van der Waals surface area contributed by atoms with E-state index in [1.165, 1.54) is 8.20 Å². The Morgan fingerprint density at radius 1 is 1.80 bits per heavy atom. The standard InChI is InChI=1S/C2H2AsP2/c1-3-5-2-4-1/h1-2H/q-1. The maximum absolute atomic E-state index is 2.36. The van der Waals surface area contributed by atoms with Gasteiger partial charge in [-0.2, -0.15) is 0 Å². The van der Waals surface area contributed by atoms with Crippen LogP contribution in [-0.4, -0.2) is 24.9 Å². The molecule has 0 aromatic carbocycles. The Hall–Kier alpha value is 1.03. The van der Waals surface area contributed by atoms with Crippen LogP contribution in [0.3, 0.4) is 0 Å². The van der Waals surface area contributed by atoms with E-state index < -0.39 is 0 Å². The van der Waals surface area contributed by atoms with Gasteiger partial charge >= 0.3 is 40.3 Å². The molecule has 0 aliphatic carbocycles. The van der Waals surface area contributed by atoms with E-state index in [2.05, 4.69) is 10.1 Å². The average Bonchev–Trinajstić information content (AvgIpc) is 1.76. The molecule has 5 heavy (non-hydrogen) atoms. The van der Waals surface area contributed by atoms with Crippen LogP contribution in [0, 0.1) is 0 Å². The Morgan fingerprint density at radius 2 is 2.80 bits per heavy atom. The van der Waals surface area contributed by atoms with E-state index in [1.807, 2.05) is 0 Å². The fourth-order valence-corrected chi connectivity index (χ4v) is 6.97. The van der Waals surface area contributed by atoms with Gasteiger partial charge in [0.2, 0.25) is 0 Å². The van der Waals surface area contributed by atoms with Crippen molar-refractivity contribution in [1.82, 2.24) is 0 Å². The van der Waals surface area contributed by atoms with E-state index in [0.717, 1.165) is 0 Å². The summed E-state index contributed by atoms with van der Waals surface area (Å²) >= 11 is 0.633. The summed E-state index contributed by atoms with van der Waals surface area (Å²) in [6, 6.07) is 0. The SMILES string of the molecule is C1=PC=[As][P-]1. The molecule has 0 fully saturated rings. The molecular weight excluding hydrogens is 161 g/mol. The van der Waals surface area contributed by atoms with Crippen molar-refractivity contribution in [1.29, 1.82) is 0 Å². The van der Waals surface area contributed by atoms with Gasteiger partial charge in [0.25, 0.3) is 0 Å². The molecule has 0 nitrogen and oxygen atoms in total. The van der Waals surface area contributed by atoms with Gasteiger partial charge in [0, 0.05) is 0 Å². The molecule has 0 unspecified atom stereocenters. The molecule has 3 heteroatoms. The number of hydrogen-bond acceptors (Lipinski definition) is 0. The van der Waals surface area contributed by atoms with E-state index in [9.17, 15) is 0 Å². The Labute approximate surface area is 40.7 Å². The molecular formula is C2H2AsP2-. The molecule has 1 rings (SSSR count). The summed E-state index contributed by atoms with van der Waals surface area (Å²) in [5.74, 6) is 0. The first-order valence-corrected chi connectivity index (χ1v) is 6.78. The van der Waals surface area contributed by atoms with Crippen molar-refractivity contribution in [2.45, 2.75) is 0 Å². The fourth-order valence-electron chi connectivity index (χ4n) is 0.149. The van der Waals surface area contributed by atoms with Crippen molar-refractivity contribution >= 4 is 40.3 Å². The summed E-state index contributed by atoms with van der Waals surface area (Å²) in [4.78, 5) is 0. The molecule has 0 atom stereocenters. The molecule has 0 aromatic heterocycles. The molecule has 26 valence electrons. The van der Waals surface area contributed by atoms with E-state index in [-0.39, 0.29) is 0 Å². The van der Waals surface area contributed by atoms with E-state index in [4.69, 9.17) is 0 Å². The fraction of sp³-hybridized carbons (Fsp3) is 0. The van der Waals surface area contributed by atoms with Crippen LogP contribution < -0.4 is 0 Å². The summed E-state index contributed by atoms with van der Waals surface area (Å²) in [6.07, 6.45) is 0. The quantitative estimate of drug-likeness (QED) is 0.369. The topological polar surface area (TPSA) is 0 Å². The Morgan fingerprint density at radius 3 is 3.00 bits per heavy atom. The predicted molar refractivity (Wildman–Crippen MR) is 31.7 cm³/mol. The molecule has 0 spiro atoms.